The van der Waals surface area contributed by atoms with Gasteiger partial charge in [0.2, 0.25) is 0 Å². The van der Waals surface area contributed by atoms with Crippen molar-refractivity contribution >= 4 is 33.7 Å². The summed E-state index contributed by atoms with van der Waals surface area (Å²) in [5.74, 6) is -0.0462. The molecule has 0 radical (unpaired) electrons. The van der Waals surface area contributed by atoms with E-state index in [1.807, 2.05) is 13.0 Å². The van der Waals surface area contributed by atoms with E-state index in [0.717, 1.165) is 11.3 Å². The Hall–Kier alpha value is -1.32. The summed E-state index contributed by atoms with van der Waals surface area (Å²) in [5, 5.41) is 1.20. The van der Waals surface area contributed by atoms with Gasteiger partial charge in [-0.05, 0) is 36.8 Å². The van der Waals surface area contributed by atoms with Crippen LogP contribution in [0.3, 0.4) is 0 Å². The van der Waals surface area contributed by atoms with Crippen molar-refractivity contribution in [2.24, 2.45) is 0 Å². The highest BCUT2D eigenvalue weighted by Gasteiger charge is 2.15. The number of carbonyl (C=O) groups excluding carboxylic acids is 1. The van der Waals surface area contributed by atoms with Gasteiger partial charge in [0.1, 0.15) is 0 Å². The van der Waals surface area contributed by atoms with Crippen LogP contribution in [0.1, 0.15) is 27.7 Å². The number of nitrogens with two attached hydrogens (primary N) is 1. The molecule has 2 N–H and O–H groups in total. The molecule has 1 aromatic heterocycles. The Morgan fingerprint density at radius 2 is 2.00 bits per heavy atom. The number of aryl methyl sites for hydroxylation is 1. The van der Waals surface area contributed by atoms with Crippen LogP contribution in [0.2, 0.25) is 5.02 Å². The van der Waals surface area contributed by atoms with Crippen LogP contribution in [-0.4, -0.2) is 5.78 Å². The third-order valence-corrected chi connectivity index (χ3v) is 3.87. The molecule has 2 aromatic rings. The second kappa shape index (κ2) is 4.90. The number of thiophene rings is 1. The molecule has 0 aliphatic heterocycles. The summed E-state index contributed by atoms with van der Waals surface area (Å²) >= 11 is 7.26. The van der Waals surface area contributed by atoms with Crippen molar-refractivity contribution in [2.75, 3.05) is 5.73 Å². The van der Waals surface area contributed by atoms with Gasteiger partial charge in [0.15, 0.2) is 5.78 Å². The second-order valence-electron chi connectivity index (χ2n) is 3.68. The predicted molar refractivity (Wildman–Crippen MR) is 73.0 cm³/mol. The smallest absolute Gasteiger partial charge is 0.195 e. The van der Waals surface area contributed by atoms with Crippen molar-refractivity contribution in [1.82, 2.24) is 0 Å². The lowest BCUT2D eigenvalue weighted by atomic mass is 10.1. The van der Waals surface area contributed by atoms with E-state index >= 15 is 0 Å². The Balaban J connectivity index is 2.36. The highest BCUT2D eigenvalue weighted by molar-refractivity contribution is 7.16. The predicted octanol–water partition coefficient (Wildman–Crippen LogP) is 3.78. The van der Waals surface area contributed by atoms with Crippen molar-refractivity contribution in [3.05, 3.63) is 51.4 Å². The molecule has 0 unspecified atom stereocenters. The summed E-state index contributed by atoms with van der Waals surface area (Å²) in [7, 11) is 0. The highest BCUT2D eigenvalue weighted by Crippen LogP contribution is 2.27. The summed E-state index contributed by atoms with van der Waals surface area (Å²) in [5.41, 5.74) is 7.06. The van der Waals surface area contributed by atoms with Crippen LogP contribution >= 0.6 is 22.9 Å². The fourth-order valence-electron chi connectivity index (χ4n) is 1.57. The minimum atomic E-state index is -0.0462. The first-order valence-electron chi connectivity index (χ1n) is 5.30. The zero-order valence-electron chi connectivity index (χ0n) is 9.37. The number of nitrogen functional groups attached to an aromatic ring is 1. The number of benzene rings is 1. The molecule has 88 valence electrons. The average Bonchev–Trinajstić information content (AvgIpc) is 2.71. The Kier molecular flexibility index (Phi) is 3.50. The van der Waals surface area contributed by atoms with Crippen LogP contribution in [0, 0.1) is 0 Å². The van der Waals surface area contributed by atoms with E-state index in [4.69, 9.17) is 17.3 Å². The van der Waals surface area contributed by atoms with E-state index in [9.17, 15) is 4.79 Å². The third-order valence-electron chi connectivity index (χ3n) is 2.51. The Bertz CT molecular complexity index is 545. The maximum Gasteiger partial charge on any atom is 0.195 e. The largest absolute Gasteiger partial charge is 0.390 e. The quantitative estimate of drug-likeness (QED) is 0.859. The molecule has 0 saturated heterocycles. The summed E-state index contributed by atoms with van der Waals surface area (Å²) in [4.78, 5) is 13.3. The van der Waals surface area contributed by atoms with Gasteiger partial charge in [-0.1, -0.05) is 18.5 Å². The van der Waals surface area contributed by atoms with Crippen molar-refractivity contribution in [3.63, 3.8) is 0 Å². The van der Waals surface area contributed by atoms with Crippen LogP contribution in [-0.2, 0) is 6.42 Å². The van der Waals surface area contributed by atoms with Crippen molar-refractivity contribution in [2.45, 2.75) is 13.3 Å². The number of carbonyl (C=O) groups is 1. The fourth-order valence-corrected chi connectivity index (χ4v) is 2.56. The maximum atomic E-state index is 12.2. The molecule has 0 spiro atoms. The monoisotopic (exact) mass is 265 g/mol. The van der Waals surface area contributed by atoms with Crippen LogP contribution in [0.4, 0.5) is 5.00 Å². The summed E-state index contributed by atoms with van der Waals surface area (Å²) in [6, 6.07) is 8.72. The zero-order chi connectivity index (χ0) is 12.4. The average molecular weight is 266 g/mol. The van der Waals surface area contributed by atoms with Crippen LogP contribution in [0.15, 0.2) is 30.3 Å². The molecule has 4 heteroatoms. The highest BCUT2D eigenvalue weighted by atomic mass is 35.5. The normalized spacial score (nSPS) is 10.5. The number of hydrogen-bond donors (Lipinski definition) is 1. The molecule has 1 aromatic carbocycles. The van der Waals surface area contributed by atoms with Gasteiger partial charge in [-0.2, -0.15) is 0 Å². The van der Waals surface area contributed by atoms with Crippen LogP contribution < -0.4 is 5.73 Å². The first kappa shape index (κ1) is 12.1. The van der Waals surface area contributed by atoms with Gasteiger partial charge >= 0.3 is 0 Å². The Labute approximate surface area is 109 Å². The van der Waals surface area contributed by atoms with E-state index < -0.39 is 0 Å². The molecule has 0 aliphatic rings. The Morgan fingerprint density at radius 1 is 1.35 bits per heavy atom. The molecular weight excluding hydrogens is 254 g/mol. The molecule has 1 heterocycles. The molecule has 2 rings (SSSR count). The summed E-state index contributed by atoms with van der Waals surface area (Å²) < 4.78 is 0. The molecule has 0 amide bonds. The van der Waals surface area contributed by atoms with E-state index in [2.05, 4.69) is 0 Å². The molecule has 0 bridgehead atoms. The minimum Gasteiger partial charge on any atom is -0.390 e. The summed E-state index contributed by atoms with van der Waals surface area (Å²) in [6.45, 7) is 2.04. The lowest BCUT2D eigenvalue weighted by Gasteiger charge is -1.99. The number of hydrogen-bond acceptors (Lipinski definition) is 3. The molecule has 0 atom stereocenters. The van der Waals surface area contributed by atoms with Gasteiger partial charge in [0.25, 0.3) is 0 Å². The van der Waals surface area contributed by atoms with Crippen molar-refractivity contribution in [1.29, 1.82) is 0 Å². The van der Waals surface area contributed by atoms with E-state index in [1.165, 1.54) is 11.3 Å². The standard InChI is InChI=1S/C13H12ClNOS/c1-2-10-7-11(13(15)17-10)12(16)8-3-5-9(14)6-4-8/h3-7H,2,15H2,1H3. The molecule has 2 nitrogen and oxygen atoms in total. The number of ketones is 1. The molecule has 17 heavy (non-hydrogen) atoms. The van der Waals surface area contributed by atoms with Crippen LogP contribution in [0.5, 0.6) is 0 Å². The van der Waals surface area contributed by atoms with Gasteiger partial charge in [-0.25, -0.2) is 0 Å². The van der Waals surface area contributed by atoms with Crippen molar-refractivity contribution < 1.29 is 4.79 Å². The van der Waals surface area contributed by atoms with Crippen LogP contribution in [0.25, 0.3) is 0 Å². The van der Waals surface area contributed by atoms with E-state index in [1.54, 1.807) is 24.3 Å². The van der Waals surface area contributed by atoms with Gasteiger partial charge in [-0.15, -0.1) is 11.3 Å². The second-order valence-corrected chi connectivity index (χ2v) is 5.28. The molecule has 0 fully saturated rings. The van der Waals surface area contributed by atoms with E-state index in [-0.39, 0.29) is 5.78 Å². The maximum absolute atomic E-state index is 12.2. The SMILES string of the molecule is CCc1cc(C(=O)c2ccc(Cl)cc2)c(N)s1. The summed E-state index contributed by atoms with van der Waals surface area (Å²) in [6.07, 6.45) is 0.892. The van der Waals surface area contributed by atoms with Crippen molar-refractivity contribution in [3.8, 4) is 0 Å². The first-order valence-corrected chi connectivity index (χ1v) is 6.49. The number of halogens is 1. The molecule has 0 saturated carbocycles. The lowest BCUT2D eigenvalue weighted by Crippen LogP contribution is -2.02. The van der Waals surface area contributed by atoms with Gasteiger partial charge in [-0.3, -0.25) is 4.79 Å². The van der Waals surface area contributed by atoms with Gasteiger partial charge in [0, 0.05) is 15.5 Å². The lowest BCUT2D eigenvalue weighted by molar-refractivity contribution is 0.104. The van der Waals surface area contributed by atoms with E-state index in [0.29, 0.717) is 21.2 Å². The fraction of sp³-hybridized carbons (Fsp3) is 0.154. The molecule has 0 aliphatic carbocycles. The zero-order valence-corrected chi connectivity index (χ0v) is 10.9. The topological polar surface area (TPSA) is 43.1 Å². The Morgan fingerprint density at radius 3 is 2.53 bits per heavy atom. The number of rotatable bonds is 3. The first-order chi connectivity index (χ1) is 8.11. The third kappa shape index (κ3) is 2.51. The number of anilines is 1. The van der Waals surface area contributed by atoms with Gasteiger partial charge < -0.3 is 5.73 Å². The minimum absolute atomic E-state index is 0.0462. The molecular formula is C13H12ClNOS. The van der Waals surface area contributed by atoms with Gasteiger partial charge in [0.05, 0.1) is 10.6 Å².